The molecule has 2 rings (SSSR count). The topological polar surface area (TPSA) is 56.3 Å². The van der Waals surface area contributed by atoms with Crippen molar-refractivity contribution in [2.24, 2.45) is 0 Å². The highest BCUT2D eigenvalue weighted by Gasteiger charge is 2.14. The second-order valence-electron chi connectivity index (χ2n) is 7.88. The van der Waals surface area contributed by atoms with Crippen LogP contribution in [0, 0.1) is 18.8 Å². The van der Waals surface area contributed by atoms with Gasteiger partial charge in [-0.2, -0.15) is 8.42 Å². The molecule has 4 nitrogen and oxygen atoms in total. The first kappa shape index (κ1) is 25.1. The lowest BCUT2D eigenvalue weighted by molar-refractivity contribution is 0.306. The minimum absolute atomic E-state index is 0.233. The molecule has 0 aliphatic carbocycles. The molecule has 5 heteroatoms. The number of unbranched alkanes of at least 4 members (excludes halogenated alkanes) is 8. The Kier molecular flexibility index (Phi) is 12.0. The number of hydrogen-bond donors (Lipinski definition) is 0. The highest BCUT2D eigenvalue weighted by atomic mass is 32.2. The third kappa shape index (κ3) is 11.1. The fourth-order valence-electron chi connectivity index (χ4n) is 3.25. The Balaban J connectivity index is 1.39. The lowest BCUT2D eigenvalue weighted by Crippen LogP contribution is -2.07. The molecule has 0 radical (unpaired) electrons. The third-order valence-corrected chi connectivity index (χ3v) is 6.46. The normalized spacial score (nSPS) is 11.1. The summed E-state index contributed by atoms with van der Waals surface area (Å²) in [5.41, 5.74) is 2.28. The molecule has 0 N–H and O–H groups in total. The van der Waals surface area contributed by atoms with Crippen molar-refractivity contribution in [3.05, 3.63) is 59.9 Å². The maximum atomic E-state index is 12.1. The van der Waals surface area contributed by atoms with Gasteiger partial charge in [0, 0.05) is 25.2 Å². The molecule has 168 valence electrons. The number of nitrogens with zero attached hydrogens (tertiary/aromatic N) is 1. The summed E-state index contributed by atoms with van der Waals surface area (Å²) >= 11 is 0. The molecule has 31 heavy (non-hydrogen) atoms. The van der Waals surface area contributed by atoms with Gasteiger partial charge in [0.1, 0.15) is 0 Å². The van der Waals surface area contributed by atoms with Crippen molar-refractivity contribution < 1.29 is 12.6 Å². The third-order valence-electron chi connectivity index (χ3n) is 5.13. The van der Waals surface area contributed by atoms with Gasteiger partial charge in [-0.1, -0.05) is 62.3 Å². The smallest absolute Gasteiger partial charge is 0.266 e. The molecule has 0 bridgehead atoms. The van der Waals surface area contributed by atoms with Gasteiger partial charge < -0.3 is 0 Å². The van der Waals surface area contributed by atoms with E-state index < -0.39 is 10.1 Å². The van der Waals surface area contributed by atoms with Gasteiger partial charge >= 0.3 is 0 Å². The zero-order chi connectivity index (χ0) is 22.2. The number of pyridine rings is 1. The fraction of sp³-hybridized carbons (Fsp3) is 0.500. The molecular formula is C26H35NO3S. The van der Waals surface area contributed by atoms with Crippen LogP contribution in [-0.4, -0.2) is 20.0 Å². The first-order chi connectivity index (χ1) is 15.1. The molecule has 0 saturated heterocycles. The summed E-state index contributed by atoms with van der Waals surface area (Å²) in [6.07, 6.45) is 15.6. The van der Waals surface area contributed by atoms with Gasteiger partial charge in [-0.25, -0.2) is 0 Å². The van der Waals surface area contributed by atoms with E-state index in [1.54, 1.807) is 30.5 Å². The summed E-state index contributed by atoms with van der Waals surface area (Å²) < 4.78 is 29.3. The molecule has 0 amide bonds. The number of hydrogen-bond acceptors (Lipinski definition) is 4. The molecule has 0 fully saturated rings. The van der Waals surface area contributed by atoms with E-state index in [-0.39, 0.29) is 11.5 Å². The number of rotatable bonds is 14. The molecule has 1 aromatic carbocycles. The number of benzene rings is 1. The Morgan fingerprint density at radius 3 is 2.16 bits per heavy atom. The molecule has 0 aliphatic heterocycles. The van der Waals surface area contributed by atoms with Crippen LogP contribution in [0.4, 0.5) is 0 Å². The van der Waals surface area contributed by atoms with E-state index in [2.05, 4.69) is 22.9 Å². The van der Waals surface area contributed by atoms with E-state index >= 15 is 0 Å². The second-order valence-corrected chi connectivity index (χ2v) is 9.50. The maximum absolute atomic E-state index is 12.1. The van der Waals surface area contributed by atoms with E-state index in [1.165, 1.54) is 37.7 Å². The second kappa shape index (κ2) is 14.8. The molecular weight excluding hydrogens is 406 g/mol. The van der Waals surface area contributed by atoms with Gasteiger partial charge in [0.2, 0.25) is 0 Å². The minimum atomic E-state index is -3.62. The Bertz CT molecular complexity index is 897. The van der Waals surface area contributed by atoms with E-state index in [0.717, 1.165) is 44.1 Å². The summed E-state index contributed by atoms with van der Waals surface area (Å²) in [5, 5.41) is 0. The summed E-state index contributed by atoms with van der Waals surface area (Å²) in [7, 11) is -3.62. The average Bonchev–Trinajstić information content (AvgIpc) is 2.77. The van der Waals surface area contributed by atoms with Gasteiger partial charge in [-0.05, 0) is 49.9 Å². The zero-order valence-corrected chi connectivity index (χ0v) is 19.5. The monoisotopic (exact) mass is 441 g/mol. The van der Waals surface area contributed by atoms with Gasteiger partial charge in [0.15, 0.2) is 0 Å². The van der Waals surface area contributed by atoms with Crippen LogP contribution in [0.2, 0.25) is 0 Å². The number of aromatic nitrogens is 1. The van der Waals surface area contributed by atoms with Crippen LogP contribution in [0.5, 0.6) is 0 Å². The van der Waals surface area contributed by atoms with E-state index in [0.29, 0.717) is 0 Å². The van der Waals surface area contributed by atoms with Gasteiger partial charge in [0.05, 0.1) is 11.5 Å². The molecule has 1 aromatic heterocycles. The van der Waals surface area contributed by atoms with Gasteiger partial charge in [-0.3, -0.25) is 9.17 Å². The van der Waals surface area contributed by atoms with Crippen LogP contribution in [0.25, 0.3) is 0 Å². The van der Waals surface area contributed by atoms with Gasteiger partial charge in [-0.15, -0.1) is 11.8 Å². The highest BCUT2D eigenvalue weighted by Crippen LogP contribution is 2.15. The summed E-state index contributed by atoms with van der Waals surface area (Å²) in [4.78, 5) is 4.35. The first-order valence-electron chi connectivity index (χ1n) is 11.4. The van der Waals surface area contributed by atoms with Crippen LogP contribution >= 0.6 is 0 Å². The van der Waals surface area contributed by atoms with Crippen LogP contribution in [0.3, 0.4) is 0 Å². The molecule has 0 atom stereocenters. The van der Waals surface area contributed by atoms with Crippen molar-refractivity contribution in [3.63, 3.8) is 0 Å². The molecule has 0 saturated carbocycles. The minimum Gasteiger partial charge on any atom is -0.266 e. The van der Waals surface area contributed by atoms with E-state index in [9.17, 15) is 8.42 Å². The Morgan fingerprint density at radius 2 is 1.48 bits per heavy atom. The summed E-state index contributed by atoms with van der Waals surface area (Å²) in [6.45, 7) is 2.19. The van der Waals surface area contributed by atoms with Crippen molar-refractivity contribution >= 4 is 10.1 Å². The van der Waals surface area contributed by atoms with Crippen LogP contribution < -0.4 is 0 Å². The van der Waals surface area contributed by atoms with Crippen LogP contribution in [0.1, 0.15) is 75.3 Å². The summed E-state index contributed by atoms with van der Waals surface area (Å²) in [6, 6.07) is 10.8. The lowest BCUT2D eigenvalue weighted by atomic mass is 10.1. The van der Waals surface area contributed by atoms with Crippen LogP contribution in [-0.2, 0) is 20.7 Å². The Hall–Kier alpha value is -2.16. The standard InChI is InChI=1S/C26H35NO3S/c1-24-17-19-26(20-18-24)31(28,29)30-22-13-11-9-7-5-3-2-4-6-8-10-12-15-25-16-14-21-27-23-25/h14,16-21,23H,2-7,9,11-13,15,22H2,1H3. The van der Waals surface area contributed by atoms with Crippen molar-refractivity contribution in [2.45, 2.75) is 82.4 Å². The van der Waals surface area contributed by atoms with Crippen molar-refractivity contribution in [3.8, 4) is 11.8 Å². The molecule has 0 aliphatic rings. The maximum Gasteiger partial charge on any atom is 0.296 e. The Morgan fingerprint density at radius 1 is 0.839 bits per heavy atom. The SMILES string of the molecule is Cc1ccc(S(=O)(=O)OCCCCCCCCCCC#CCCc2cccnc2)cc1. The van der Waals surface area contributed by atoms with E-state index in [1.807, 2.05) is 19.2 Å². The molecule has 2 aromatic rings. The fourth-order valence-corrected chi connectivity index (χ4v) is 4.19. The predicted molar refractivity (Wildman–Crippen MR) is 126 cm³/mol. The number of aryl methyl sites for hydroxylation is 2. The zero-order valence-electron chi connectivity index (χ0n) is 18.7. The van der Waals surface area contributed by atoms with Gasteiger partial charge in [0.25, 0.3) is 10.1 Å². The quantitative estimate of drug-likeness (QED) is 0.198. The highest BCUT2D eigenvalue weighted by molar-refractivity contribution is 7.86. The Labute approximate surface area is 188 Å². The largest absolute Gasteiger partial charge is 0.296 e. The van der Waals surface area contributed by atoms with Crippen molar-refractivity contribution in [1.29, 1.82) is 0 Å². The average molecular weight is 442 g/mol. The van der Waals surface area contributed by atoms with E-state index in [4.69, 9.17) is 4.18 Å². The molecule has 1 heterocycles. The van der Waals surface area contributed by atoms with Crippen LogP contribution in [0.15, 0.2) is 53.7 Å². The lowest BCUT2D eigenvalue weighted by Gasteiger charge is -2.06. The first-order valence-corrected chi connectivity index (χ1v) is 12.8. The predicted octanol–water partition coefficient (Wildman–Crippen LogP) is 6.24. The summed E-state index contributed by atoms with van der Waals surface area (Å²) in [5.74, 6) is 6.53. The molecule has 0 spiro atoms. The van der Waals surface area contributed by atoms with Crippen molar-refractivity contribution in [2.75, 3.05) is 6.61 Å². The molecule has 0 unspecified atom stereocenters. The van der Waals surface area contributed by atoms with Crippen molar-refractivity contribution in [1.82, 2.24) is 4.98 Å².